The minimum Gasteiger partial charge on any atom is -0.493 e. The van der Waals surface area contributed by atoms with Gasteiger partial charge in [-0.1, -0.05) is 30.3 Å². The molecule has 0 fully saturated rings. The number of pyridine rings is 1. The van der Waals surface area contributed by atoms with Crippen LogP contribution in [0.15, 0.2) is 36.4 Å². The van der Waals surface area contributed by atoms with E-state index in [1.54, 1.807) is 21.3 Å². The van der Waals surface area contributed by atoms with Crippen LogP contribution in [0.2, 0.25) is 0 Å². The van der Waals surface area contributed by atoms with Gasteiger partial charge in [-0.15, -0.1) is 0 Å². The molecule has 0 bridgehead atoms. The van der Waals surface area contributed by atoms with E-state index in [1.807, 2.05) is 36.4 Å². The number of aromatic nitrogens is 1. The number of hydrogen-bond donors (Lipinski definition) is 0. The Morgan fingerprint density at radius 1 is 0.885 bits per heavy atom. The summed E-state index contributed by atoms with van der Waals surface area (Å²) in [4.78, 5) is 17.4. The van der Waals surface area contributed by atoms with Crippen LogP contribution in [-0.4, -0.2) is 32.1 Å². The number of carbonyl (C=O) groups is 1. The Labute approximate surface area is 151 Å². The summed E-state index contributed by atoms with van der Waals surface area (Å²) in [6, 6.07) is 11.8. The maximum Gasteiger partial charge on any atom is 0.205 e. The van der Waals surface area contributed by atoms with Gasteiger partial charge in [0.05, 0.1) is 27.0 Å². The molecule has 3 aromatic rings. The van der Waals surface area contributed by atoms with Crippen LogP contribution in [0.3, 0.4) is 0 Å². The van der Waals surface area contributed by atoms with Gasteiger partial charge in [-0.25, -0.2) is 4.98 Å². The molecule has 26 heavy (non-hydrogen) atoms. The zero-order valence-electron chi connectivity index (χ0n) is 15.0. The van der Waals surface area contributed by atoms with Crippen molar-refractivity contribution in [1.82, 2.24) is 4.98 Å². The fourth-order valence-electron chi connectivity index (χ4n) is 3.66. The second kappa shape index (κ2) is 6.33. The largest absolute Gasteiger partial charge is 0.493 e. The van der Waals surface area contributed by atoms with E-state index in [2.05, 4.69) is 0 Å². The third-order valence-electron chi connectivity index (χ3n) is 4.79. The van der Waals surface area contributed by atoms with Gasteiger partial charge in [0, 0.05) is 22.9 Å². The second-order valence-corrected chi connectivity index (χ2v) is 6.14. The first-order chi connectivity index (χ1) is 12.7. The van der Waals surface area contributed by atoms with Crippen LogP contribution < -0.4 is 14.2 Å². The van der Waals surface area contributed by atoms with Crippen LogP contribution >= 0.6 is 0 Å². The van der Waals surface area contributed by atoms with E-state index >= 15 is 0 Å². The molecule has 0 saturated heterocycles. The Balaban J connectivity index is 2.20. The van der Waals surface area contributed by atoms with Gasteiger partial charge in [0.15, 0.2) is 17.3 Å². The summed E-state index contributed by atoms with van der Waals surface area (Å²) >= 11 is 0. The number of Topliss-reactive ketones (excluding diaryl/α,β-unsaturated/α-hetero) is 1. The van der Waals surface area contributed by atoms with Crippen molar-refractivity contribution in [3.05, 3.63) is 47.7 Å². The highest BCUT2D eigenvalue weighted by Crippen LogP contribution is 2.47. The number of benzene rings is 2. The lowest BCUT2D eigenvalue weighted by Crippen LogP contribution is -2.03. The summed E-state index contributed by atoms with van der Waals surface area (Å²) in [5.41, 5.74) is 4.05. The molecule has 1 aliphatic rings. The molecular formula is C21H19NO4. The van der Waals surface area contributed by atoms with Crippen LogP contribution in [0, 0.1) is 0 Å². The molecule has 5 nitrogen and oxygen atoms in total. The number of carbonyl (C=O) groups excluding carboxylic acids is 1. The van der Waals surface area contributed by atoms with Crippen molar-refractivity contribution in [3.63, 3.8) is 0 Å². The molecule has 0 radical (unpaired) electrons. The third kappa shape index (κ3) is 2.31. The summed E-state index contributed by atoms with van der Waals surface area (Å²) in [6.07, 6.45) is 1.12. The average Bonchev–Trinajstić information content (AvgIpc) is 3.05. The highest BCUT2D eigenvalue weighted by atomic mass is 16.5. The van der Waals surface area contributed by atoms with E-state index in [1.165, 1.54) is 0 Å². The summed E-state index contributed by atoms with van der Waals surface area (Å²) in [5, 5.41) is 0.819. The van der Waals surface area contributed by atoms with Crippen molar-refractivity contribution < 1.29 is 19.0 Å². The monoisotopic (exact) mass is 349 g/mol. The van der Waals surface area contributed by atoms with Crippen LogP contribution in [0.25, 0.3) is 22.0 Å². The molecule has 0 aliphatic heterocycles. The van der Waals surface area contributed by atoms with Gasteiger partial charge in [0.2, 0.25) is 5.75 Å². The van der Waals surface area contributed by atoms with Gasteiger partial charge >= 0.3 is 0 Å². The number of nitrogens with zero attached hydrogens (tertiary/aromatic N) is 1. The van der Waals surface area contributed by atoms with E-state index in [0.717, 1.165) is 22.2 Å². The van der Waals surface area contributed by atoms with Crippen molar-refractivity contribution in [2.45, 2.75) is 12.8 Å². The molecule has 1 heterocycles. The molecule has 0 unspecified atom stereocenters. The lowest BCUT2D eigenvalue weighted by molar-refractivity contribution is 0.0995. The second-order valence-electron chi connectivity index (χ2n) is 6.14. The van der Waals surface area contributed by atoms with Crippen molar-refractivity contribution >= 4 is 16.7 Å². The topological polar surface area (TPSA) is 57.6 Å². The van der Waals surface area contributed by atoms with Crippen molar-refractivity contribution in [2.75, 3.05) is 21.3 Å². The maximum absolute atomic E-state index is 12.6. The quantitative estimate of drug-likeness (QED) is 0.711. The first-order valence-electron chi connectivity index (χ1n) is 8.43. The predicted molar refractivity (Wildman–Crippen MR) is 99.5 cm³/mol. The Kier molecular flexibility index (Phi) is 3.99. The molecule has 0 atom stereocenters. The van der Waals surface area contributed by atoms with Crippen molar-refractivity contribution in [2.24, 2.45) is 0 Å². The first-order valence-corrected chi connectivity index (χ1v) is 8.43. The molecule has 0 saturated carbocycles. The number of ether oxygens (including phenoxy) is 3. The van der Waals surface area contributed by atoms with E-state index in [-0.39, 0.29) is 5.78 Å². The number of ketones is 1. The molecule has 0 N–H and O–H groups in total. The lowest BCUT2D eigenvalue weighted by Gasteiger charge is -2.18. The zero-order chi connectivity index (χ0) is 18.3. The average molecular weight is 349 g/mol. The Morgan fingerprint density at radius 3 is 2.27 bits per heavy atom. The van der Waals surface area contributed by atoms with Crippen LogP contribution in [0.5, 0.6) is 17.2 Å². The van der Waals surface area contributed by atoms with Crippen molar-refractivity contribution in [3.8, 4) is 28.4 Å². The highest BCUT2D eigenvalue weighted by Gasteiger charge is 2.30. The van der Waals surface area contributed by atoms with E-state index in [9.17, 15) is 4.79 Å². The maximum atomic E-state index is 12.6. The van der Waals surface area contributed by atoms with Crippen LogP contribution in [0.4, 0.5) is 0 Å². The van der Waals surface area contributed by atoms with Crippen LogP contribution in [0.1, 0.15) is 22.5 Å². The summed E-state index contributed by atoms with van der Waals surface area (Å²) in [5.74, 6) is 1.68. The standard InChI is InChI=1S/C21H19NO4/c1-24-16-11-13-17(12-7-5-4-6-8-12)18-14(9-10-15(18)23)22-19(13)21(26-3)20(16)25-2/h4-8,11H,9-10H2,1-3H3. The first kappa shape index (κ1) is 16.4. The number of methoxy groups -OCH3 is 3. The van der Waals surface area contributed by atoms with E-state index in [4.69, 9.17) is 19.2 Å². The van der Waals surface area contributed by atoms with Gasteiger partial charge in [-0.3, -0.25) is 4.79 Å². The Hall–Kier alpha value is -3.08. The molecule has 4 rings (SSSR count). The molecule has 0 spiro atoms. The lowest BCUT2D eigenvalue weighted by atomic mass is 9.94. The molecule has 1 aliphatic carbocycles. The molecule has 1 aromatic heterocycles. The fraction of sp³-hybridized carbons (Fsp3) is 0.238. The van der Waals surface area contributed by atoms with Gasteiger partial charge in [-0.05, 0) is 18.1 Å². The molecule has 0 amide bonds. The molecule has 5 heteroatoms. The molecular weight excluding hydrogens is 330 g/mol. The number of aryl methyl sites for hydroxylation is 1. The number of rotatable bonds is 4. The smallest absolute Gasteiger partial charge is 0.205 e. The normalized spacial score (nSPS) is 13.0. The predicted octanol–water partition coefficient (Wildman–Crippen LogP) is 4.06. The highest BCUT2D eigenvalue weighted by molar-refractivity contribution is 6.13. The minimum atomic E-state index is 0.127. The van der Waals surface area contributed by atoms with Crippen molar-refractivity contribution in [1.29, 1.82) is 0 Å². The zero-order valence-corrected chi connectivity index (χ0v) is 15.0. The minimum absolute atomic E-state index is 0.127. The van der Waals surface area contributed by atoms with Crippen LogP contribution in [-0.2, 0) is 6.42 Å². The Morgan fingerprint density at radius 2 is 1.62 bits per heavy atom. The molecule has 2 aromatic carbocycles. The SMILES string of the molecule is COc1cc2c(-c3ccccc3)c3c(nc2c(OC)c1OC)CCC3=O. The Bertz CT molecular complexity index is 1010. The van der Waals surface area contributed by atoms with Gasteiger partial charge in [-0.2, -0.15) is 0 Å². The summed E-state index contributed by atoms with van der Waals surface area (Å²) < 4.78 is 16.6. The summed E-state index contributed by atoms with van der Waals surface area (Å²) in [6.45, 7) is 0. The summed E-state index contributed by atoms with van der Waals surface area (Å²) in [7, 11) is 4.73. The fourth-order valence-corrected chi connectivity index (χ4v) is 3.66. The van der Waals surface area contributed by atoms with E-state index < -0.39 is 0 Å². The van der Waals surface area contributed by atoms with E-state index in [0.29, 0.717) is 41.2 Å². The number of fused-ring (bicyclic) bond motifs is 2. The third-order valence-corrected chi connectivity index (χ3v) is 4.79. The number of hydrogen-bond acceptors (Lipinski definition) is 5. The van der Waals surface area contributed by atoms with Gasteiger partial charge in [0.25, 0.3) is 0 Å². The van der Waals surface area contributed by atoms with Gasteiger partial charge in [0.1, 0.15) is 5.52 Å². The van der Waals surface area contributed by atoms with Gasteiger partial charge < -0.3 is 14.2 Å². The molecule has 132 valence electrons.